The van der Waals surface area contributed by atoms with Gasteiger partial charge in [0.1, 0.15) is 0 Å². The summed E-state index contributed by atoms with van der Waals surface area (Å²) in [4.78, 5) is 2.20. The van der Waals surface area contributed by atoms with Crippen LogP contribution in [0.25, 0.3) is 0 Å². The fraction of sp³-hybridized carbons (Fsp3) is 0.394. The number of unbranched alkanes of at least 4 members (excludes halogenated alkanes) is 5. The van der Waals surface area contributed by atoms with E-state index in [9.17, 15) is 13.2 Å². The van der Waals surface area contributed by atoms with E-state index in [0.717, 1.165) is 53.9 Å². The smallest absolute Gasteiger partial charge is 0.295 e. The molecule has 0 aromatic heterocycles. The number of aryl methyl sites for hydroxylation is 1. The van der Waals surface area contributed by atoms with E-state index in [2.05, 4.69) is 67.0 Å². The lowest BCUT2D eigenvalue weighted by molar-refractivity contribution is -0.137. The standard InChI is InChI=1S/C33H38F3N/c1-3-5-6-7-8-9-10-27-11-13-28(14-12-27)15-16-29-17-19-30(20-18-29)25-37(4-2)26-31-21-23-32(24-22-31)33(34,35)36/h11-14,17-24H,3-10,25-26H2,1-2H3. The second kappa shape index (κ2) is 14.6. The van der Waals surface area contributed by atoms with E-state index in [-0.39, 0.29) is 0 Å². The molecule has 3 aromatic carbocycles. The molecule has 0 unspecified atom stereocenters. The number of halogens is 3. The van der Waals surface area contributed by atoms with Gasteiger partial charge in [-0.3, -0.25) is 4.90 Å². The molecule has 0 aliphatic carbocycles. The van der Waals surface area contributed by atoms with E-state index < -0.39 is 11.7 Å². The molecule has 0 aliphatic rings. The Labute approximate surface area is 220 Å². The Balaban J connectivity index is 1.49. The number of nitrogens with zero attached hydrogens (tertiary/aromatic N) is 1. The first kappa shape index (κ1) is 28.5. The van der Waals surface area contributed by atoms with Crippen LogP contribution < -0.4 is 0 Å². The molecule has 0 aliphatic heterocycles. The quantitative estimate of drug-likeness (QED) is 0.175. The van der Waals surface area contributed by atoms with Gasteiger partial charge in [0, 0.05) is 24.2 Å². The molecule has 0 fully saturated rings. The monoisotopic (exact) mass is 505 g/mol. The predicted octanol–water partition coefficient (Wildman–Crippen LogP) is 9.03. The Hall–Kier alpha value is -3.03. The first-order valence-corrected chi connectivity index (χ1v) is 13.5. The minimum atomic E-state index is -4.30. The van der Waals surface area contributed by atoms with Crippen molar-refractivity contribution in [2.45, 2.75) is 78.1 Å². The normalized spacial score (nSPS) is 11.4. The van der Waals surface area contributed by atoms with E-state index in [1.807, 2.05) is 12.1 Å². The molecular formula is C33H38F3N. The molecule has 0 N–H and O–H groups in total. The summed E-state index contributed by atoms with van der Waals surface area (Å²) in [6, 6.07) is 22.2. The molecule has 0 amide bonds. The van der Waals surface area contributed by atoms with Crippen molar-refractivity contribution in [2.24, 2.45) is 0 Å². The highest BCUT2D eigenvalue weighted by molar-refractivity contribution is 5.44. The van der Waals surface area contributed by atoms with Gasteiger partial charge in [-0.15, -0.1) is 0 Å². The lowest BCUT2D eigenvalue weighted by atomic mass is 10.0. The van der Waals surface area contributed by atoms with E-state index in [1.165, 1.54) is 44.1 Å². The summed E-state index contributed by atoms with van der Waals surface area (Å²) in [7, 11) is 0. The van der Waals surface area contributed by atoms with Gasteiger partial charge in [0.05, 0.1) is 5.56 Å². The minimum absolute atomic E-state index is 0.602. The summed E-state index contributed by atoms with van der Waals surface area (Å²) in [5, 5.41) is 0. The fourth-order valence-electron chi connectivity index (χ4n) is 4.30. The molecule has 3 rings (SSSR count). The van der Waals surface area contributed by atoms with Gasteiger partial charge in [0.25, 0.3) is 0 Å². The van der Waals surface area contributed by atoms with Crippen LogP contribution in [0.2, 0.25) is 0 Å². The third kappa shape index (κ3) is 10.1. The van der Waals surface area contributed by atoms with Gasteiger partial charge in [-0.1, -0.05) is 94.2 Å². The number of hydrogen-bond donors (Lipinski definition) is 0. The lowest BCUT2D eigenvalue weighted by Crippen LogP contribution is -2.22. The highest BCUT2D eigenvalue weighted by atomic mass is 19.4. The van der Waals surface area contributed by atoms with Crippen molar-refractivity contribution in [1.29, 1.82) is 0 Å². The van der Waals surface area contributed by atoms with E-state index in [0.29, 0.717) is 6.54 Å². The van der Waals surface area contributed by atoms with Gasteiger partial charge in [0.2, 0.25) is 0 Å². The summed E-state index contributed by atoms with van der Waals surface area (Å²) in [6.07, 6.45) is 4.72. The van der Waals surface area contributed by atoms with Gasteiger partial charge in [-0.25, -0.2) is 0 Å². The van der Waals surface area contributed by atoms with Crippen LogP contribution in [0.1, 0.15) is 85.8 Å². The average molecular weight is 506 g/mol. The maximum atomic E-state index is 12.8. The molecule has 4 heteroatoms. The molecule has 0 radical (unpaired) electrons. The number of rotatable bonds is 12. The van der Waals surface area contributed by atoms with Crippen LogP contribution in [0, 0.1) is 11.8 Å². The second-order valence-corrected chi connectivity index (χ2v) is 9.66. The summed E-state index contributed by atoms with van der Waals surface area (Å²) in [6.45, 7) is 6.44. The molecule has 37 heavy (non-hydrogen) atoms. The van der Waals surface area contributed by atoms with Crippen LogP contribution in [0.5, 0.6) is 0 Å². The maximum Gasteiger partial charge on any atom is 0.416 e. The van der Waals surface area contributed by atoms with Crippen LogP contribution in [-0.2, 0) is 25.7 Å². The van der Waals surface area contributed by atoms with Crippen molar-refractivity contribution in [3.8, 4) is 11.8 Å². The Bertz CT molecular complexity index is 1120. The molecular weight excluding hydrogens is 467 g/mol. The molecule has 0 saturated carbocycles. The highest BCUT2D eigenvalue weighted by Crippen LogP contribution is 2.29. The van der Waals surface area contributed by atoms with Gasteiger partial charge in [-0.2, -0.15) is 13.2 Å². The van der Waals surface area contributed by atoms with Gasteiger partial charge < -0.3 is 0 Å². The number of hydrogen-bond acceptors (Lipinski definition) is 1. The predicted molar refractivity (Wildman–Crippen MR) is 147 cm³/mol. The van der Waals surface area contributed by atoms with Crippen LogP contribution in [0.4, 0.5) is 13.2 Å². The molecule has 0 spiro atoms. The largest absolute Gasteiger partial charge is 0.416 e. The van der Waals surface area contributed by atoms with Gasteiger partial charge >= 0.3 is 6.18 Å². The SMILES string of the molecule is CCCCCCCCc1ccc(C#Cc2ccc(CN(CC)Cc3ccc(C(F)(F)F)cc3)cc2)cc1. The van der Waals surface area contributed by atoms with Crippen molar-refractivity contribution in [3.63, 3.8) is 0 Å². The third-order valence-electron chi connectivity index (χ3n) is 6.62. The van der Waals surface area contributed by atoms with Crippen LogP contribution in [-0.4, -0.2) is 11.4 Å². The zero-order valence-electron chi connectivity index (χ0n) is 22.1. The number of alkyl halides is 3. The molecule has 0 atom stereocenters. The molecule has 0 saturated heterocycles. The summed E-state index contributed by atoms with van der Waals surface area (Å²) in [5.74, 6) is 6.51. The first-order chi connectivity index (χ1) is 17.9. The third-order valence-corrected chi connectivity index (χ3v) is 6.62. The molecule has 196 valence electrons. The molecule has 1 nitrogen and oxygen atoms in total. The van der Waals surface area contributed by atoms with Gasteiger partial charge in [0.15, 0.2) is 0 Å². The van der Waals surface area contributed by atoms with E-state index >= 15 is 0 Å². The fourth-order valence-corrected chi connectivity index (χ4v) is 4.30. The summed E-state index contributed by atoms with van der Waals surface area (Å²) in [5.41, 5.74) is 4.77. The zero-order valence-corrected chi connectivity index (χ0v) is 22.1. The first-order valence-electron chi connectivity index (χ1n) is 13.5. The lowest BCUT2D eigenvalue weighted by Gasteiger charge is -2.21. The van der Waals surface area contributed by atoms with Gasteiger partial charge in [-0.05, 0) is 72.5 Å². The Morgan fingerprint density at radius 3 is 1.54 bits per heavy atom. The molecule has 3 aromatic rings. The average Bonchev–Trinajstić information content (AvgIpc) is 2.90. The van der Waals surface area contributed by atoms with Crippen molar-refractivity contribution in [3.05, 3.63) is 106 Å². The summed E-state index contributed by atoms with van der Waals surface area (Å²) < 4.78 is 38.4. The topological polar surface area (TPSA) is 3.24 Å². The van der Waals surface area contributed by atoms with Crippen LogP contribution >= 0.6 is 0 Å². The van der Waals surface area contributed by atoms with Crippen molar-refractivity contribution < 1.29 is 13.2 Å². The highest BCUT2D eigenvalue weighted by Gasteiger charge is 2.29. The minimum Gasteiger partial charge on any atom is -0.295 e. The Kier molecular flexibility index (Phi) is 11.3. The van der Waals surface area contributed by atoms with E-state index in [1.54, 1.807) is 12.1 Å². The van der Waals surface area contributed by atoms with Crippen LogP contribution in [0.3, 0.4) is 0 Å². The van der Waals surface area contributed by atoms with Crippen molar-refractivity contribution >= 4 is 0 Å². The molecule has 0 heterocycles. The maximum absolute atomic E-state index is 12.8. The number of benzene rings is 3. The van der Waals surface area contributed by atoms with Crippen molar-refractivity contribution in [2.75, 3.05) is 6.54 Å². The second-order valence-electron chi connectivity index (χ2n) is 9.66. The summed E-state index contributed by atoms with van der Waals surface area (Å²) >= 11 is 0. The zero-order chi connectivity index (χ0) is 26.5. The van der Waals surface area contributed by atoms with Crippen LogP contribution in [0.15, 0.2) is 72.8 Å². The van der Waals surface area contributed by atoms with Crippen molar-refractivity contribution in [1.82, 2.24) is 4.90 Å². The molecule has 0 bridgehead atoms. The van der Waals surface area contributed by atoms with E-state index in [4.69, 9.17) is 0 Å². The Morgan fingerprint density at radius 2 is 1.05 bits per heavy atom. The Morgan fingerprint density at radius 1 is 0.595 bits per heavy atom.